The van der Waals surface area contributed by atoms with Gasteiger partial charge in [-0.25, -0.2) is 9.78 Å². The summed E-state index contributed by atoms with van der Waals surface area (Å²) in [6.07, 6.45) is 1.43. The van der Waals surface area contributed by atoms with Crippen LogP contribution in [0.1, 0.15) is 50.7 Å². The van der Waals surface area contributed by atoms with Crippen molar-refractivity contribution in [2.45, 2.75) is 52.1 Å². The smallest absolute Gasteiger partial charge is 0.407 e. The number of amides is 3. The molecule has 1 aromatic heterocycles. The van der Waals surface area contributed by atoms with Crippen LogP contribution in [0.25, 0.3) is 11.0 Å². The second-order valence-electron chi connectivity index (χ2n) is 11.7. The summed E-state index contributed by atoms with van der Waals surface area (Å²) in [6, 6.07) is 6.58. The van der Waals surface area contributed by atoms with Gasteiger partial charge in [0.15, 0.2) is 5.82 Å². The molecule has 2 aromatic rings. The van der Waals surface area contributed by atoms with Crippen LogP contribution in [0.2, 0.25) is 0 Å². The van der Waals surface area contributed by atoms with E-state index < -0.39 is 29.5 Å². The summed E-state index contributed by atoms with van der Waals surface area (Å²) in [6.45, 7) is 8.63. The molecule has 0 radical (unpaired) electrons. The predicted molar refractivity (Wildman–Crippen MR) is 137 cm³/mol. The van der Waals surface area contributed by atoms with Gasteiger partial charge in [0.2, 0.25) is 5.91 Å². The standard InChI is InChI=1S/C27H37N5O5/c1-27(2,3)22-21(14-18(16-32(22)26(35)36)24(33)30-10-12-37-13-11-30)31(15-17-8-9-17)25(34)23-28-19-6-4-5-7-20(19)29-23/h4-7,17-18,21-22H,8-16H2,1-3H3,(H,28,29)(H,35,36)/t18-,21+,22?/m1/s1. The first-order chi connectivity index (χ1) is 17.6. The van der Waals surface area contributed by atoms with E-state index in [2.05, 4.69) is 9.97 Å². The van der Waals surface area contributed by atoms with Gasteiger partial charge < -0.3 is 29.5 Å². The molecule has 3 amide bonds. The van der Waals surface area contributed by atoms with Crippen molar-refractivity contribution < 1.29 is 24.2 Å². The molecule has 3 aliphatic rings. The molecule has 5 rings (SSSR count). The minimum Gasteiger partial charge on any atom is -0.465 e. The fourth-order valence-corrected chi connectivity index (χ4v) is 5.95. The summed E-state index contributed by atoms with van der Waals surface area (Å²) in [7, 11) is 0. The second-order valence-corrected chi connectivity index (χ2v) is 11.7. The van der Waals surface area contributed by atoms with Crippen LogP contribution in [0, 0.1) is 17.3 Å². The molecule has 2 N–H and O–H groups in total. The first-order valence-corrected chi connectivity index (χ1v) is 13.3. The Morgan fingerprint density at radius 3 is 2.49 bits per heavy atom. The van der Waals surface area contributed by atoms with Crippen molar-refractivity contribution in [2.24, 2.45) is 17.3 Å². The van der Waals surface area contributed by atoms with Crippen LogP contribution in [0.3, 0.4) is 0 Å². The molecular formula is C27H37N5O5. The van der Waals surface area contributed by atoms with E-state index in [9.17, 15) is 19.5 Å². The molecule has 3 heterocycles. The maximum Gasteiger partial charge on any atom is 0.407 e. The van der Waals surface area contributed by atoms with E-state index in [1.54, 1.807) is 4.90 Å². The summed E-state index contributed by atoms with van der Waals surface area (Å²) < 4.78 is 5.41. The van der Waals surface area contributed by atoms with Gasteiger partial charge in [0, 0.05) is 26.2 Å². The van der Waals surface area contributed by atoms with E-state index in [-0.39, 0.29) is 24.2 Å². The predicted octanol–water partition coefficient (Wildman–Crippen LogP) is 3.06. The number of aromatic nitrogens is 2. The molecule has 10 nitrogen and oxygen atoms in total. The topological polar surface area (TPSA) is 119 Å². The molecule has 3 atom stereocenters. The number of carboxylic acid groups (broad SMARTS) is 1. The largest absolute Gasteiger partial charge is 0.465 e. The highest BCUT2D eigenvalue weighted by molar-refractivity contribution is 5.94. The van der Waals surface area contributed by atoms with Crippen LogP contribution in [-0.2, 0) is 9.53 Å². The number of ether oxygens (including phenoxy) is 1. The molecule has 200 valence electrons. The fraction of sp³-hybridized carbons (Fsp3) is 0.630. The lowest BCUT2D eigenvalue weighted by molar-refractivity contribution is -0.144. The van der Waals surface area contributed by atoms with Crippen molar-refractivity contribution in [2.75, 3.05) is 39.4 Å². The van der Waals surface area contributed by atoms with Crippen LogP contribution in [0.5, 0.6) is 0 Å². The molecule has 1 saturated carbocycles. The summed E-state index contributed by atoms with van der Waals surface area (Å²) in [5.74, 6) is -0.204. The van der Waals surface area contributed by atoms with Gasteiger partial charge in [0.1, 0.15) is 0 Å². The quantitative estimate of drug-likeness (QED) is 0.637. The van der Waals surface area contributed by atoms with Gasteiger partial charge >= 0.3 is 6.09 Å². The zero-order valence-corrected chi connectivity index (χ0v) is 21.9. The van der Waals surface area contributed by atoms with Gasteiger partial charge in [-0.3, -0.25) is 9.59 Å². The number of carbonyl (C=O) groups is 3. The highest BCUT2D eigenvalue weighted by Crippen LogP contribution is 2.40. The molecule has 1 aromatic carbocycles. The monoisotopic (exact) mass is 511 g/mol. The highest BCUT2D eigenvalue weighted by atomic mass is 16.5. The van der Waals surface area contributed by atoms with Gasteiger partial charge in [-0.1, -0.05) is 32.9 Å². The highest BCUT2D eigenvalue weighted by Gasteiger charge is 2.51. The third kappa shape index (κ3) is 5.30. The number of hydrogen-bond acceptors (Lipinski definition) is 5. The van der Waals surface area contributed by atoms with Gasteiger partial charge in [0.05, 0.1) is 42.2 Å². The van der Waals surface area contributed by atoms with Gasteiger partial charge in [-0.2, -0.15) is 0 Å². The lowest BCUT2D eigenvalue weighted by atomic mass is 9.74. The molecule has 1 aliphatic carbocycles. The van der Waals surface area contributed by atoms with E-state index in [0.717, 1.165) is 18.4 Å². The van der Waals surface area contributed by atoms with Crippen LogP contribution in [0.15, 0.2) is 24.3 Å². The molecule has 37 heavy (non-hydrogen) atoms. The Balaban J connectivity index is 1.52. The number of rotatable bonds is 5. The van der Waals surface area contributed by atoms with Crippen LogP contribution in [0.4, 0.5) is 4.79 Å². The van der Waals surface area contributed by atoms with Crippen molar-refractivity contribution in [1.82, 2.24) is 24.7 Å². The van der Waals surface area contributed by atoms with Crippen molar-refractivity contribution in [1.29, 1.82) is 0 Å². The SMILES string of the molecule is CC(C)(C)C1[C@@H](N(CC2CC2)C(=O)c2nc3ccccc3[nH]2)C[C@@H](C(=O)N2CCOCC2)CN1C(=O)O. The Morgan fingerprint density at radius 2 is 1.86 bits per heavy atom. The number of imidazole rings is 1. The number of nitrogens with zero attached hydrogens (tertiary/aromatic N) is 4. The fourth-order valence-electron chi connectivity index (χ4n) is 5.95. The number of nitrogens with one attached hydrogen (secondary N) is 1. The lowest BCUT2D eigenvalue weighted by Gasteiger charge is -2.52. The Labute approximate surface area is 216 Å². The van der Waals surface area contributed by atoms with Crippen LogP contribution in [-0.4, -0.2) is 99.2 Å². The zero-order valence-electron chi connectivity index (χ0n) is 21.9. The Hall–Kier alpha value is -3.14. The number of benzene rings is 1. The number of fused-ring (bicyclic) bond motifs is 1. The summed E-state index contributed by atoms with van der Waals surface area (Å²) in [5, 5.41) is 10.3. The minimum absolute atomic E-state index is 0.0607. The molecule has 2 aliphatic heterocycles. The molecule has 10 heteroatoms. The number of morpholine rings is 1. The number of para-hydroxylation sites is 2. The molecule has 3 fully saturated rings. The van der Waals surface area contributed by atoms with Gasteiger partial charge in [-0.05, 0) is 42.7 Å². The Morgan fingerprint density at radius 1 is 1.16 bits per heavy atom. The minimum atomic E-state index is -1.06. The average Bonchev–Trinajstić information content (AvgIpc) is 3.60. The van der Waals surface area contributed by atoms with E-state index in [1.165, 1.54) is 4.90 Å². The summed E-state index contributed by atoms with van der Waals surface area (Å²) >= 11 is 0. The third-order valence-corrected chi connectivity index (χ3v) is 7.85. The summed E-state index contributed by atoms with van der Waals surface area (Å²) in [5.41, 5.74) is 1.04. The molecule has 0 bridgehead atoms. The maximum atomic E-state index is 14.1. The summed E-state index contributed by atoms with van der Waals surface area (Å²) in [4.78, 5) is 52.9. The van der Waals surface area contributed by atoms with Crippen LogP contribution >= 0.6 is 0 Å². The Kier molecular flexibility index (Phi) is 6.87. The van der Waals surface area contributed by atoms with Crippen molar-refractivity contribution >= 4 is 28.9 Å². The molecule has 2 saturated heterocycles. The van der Waals surface area contributed by atoms with E-state index in [1.807, 2.05) is 49.9 Å². The third-order valence-electron chi connectivity index (χ3n) is 7.85. The lowest BCUT2D eigenvalue weighted by Crippen LogP contribution is -2.66. The number of H-pyrrole nitrogens is 1. The van der Waals surface area contributed by atoms with Gasteiger partial charge in [0.25, 0.3) is 5.91 Å². The Bertz CT molecular complexity index is 1130. The van der Waals surface area contributed by atoms with E-state index in [4.69, 9.17) is 4.74 Å². The number of aromatic amines is 1. The molecular weight excluding hydrogens is 474 g/mol. The average molecular weight is 512 g/mol. The van der Waals surface area contributed by atoms with E-state index >= 15 is 0 Å². The van der Waals surface area contributed by atoms with Crippen LogP contribution < -0.4 is 0 Å². The van der Waals surface area contributed by atoms with E-state index in [0.29, 0.717) is 50.7 Å². The van der Waals surface area contributed by atoms with Gasteiger partial charge in [-0.15, -0.1) is 0 Å². The van der Waals surface area contributed by atoms with Crippen molar-refractivity contribution in [3.8, 4) is 0 Å². The van der Waals surface area contributed by atoms with Crippen molar-refractivity contribution in [3.63, 3.8) is 0 Å². The first kappa shape index (κ1) is 25.5. The second kappa shape index (κ2) is 9.96. The maximum absolute atomic E-state index is 14.1. The van der Waals surface area contributed by atoms with Crippen molar-refractivity contribution in [3.05, 3.63) is 30.1 Å². The first-order valence-electron chi connectivity index (χ1n) is 13.3. The normalized spacial score (nSPS) is 24.8. The zero-order chi connectivity index (χ0) is 26.3. The molecule has 0 spiro atoms. The molecule has 1 unspecified atom stereocenters. The number of likely N-dealkylation sites (tertiary alicyclic amines) is 1. The number of hydrogen-bond donors (Lipinski definition) is 2. The number of piperidine rings is 1. The number of carbonyl (C=O) groups excluding carboxylic acids is 2.